The van der Waals surface area contributed by atoms with Gasteiger partial charge in [-0.3, -0.25) is 0 Å². The smallest absolute Gasteiger partial charge is 0.109 e. The van der Waals surface area contributed by atoms with Gasteiger partial charge in [0, 0.05) is 5.92 Å². The molecule has 1 aromatic heterocycles. The minimum atomic E-state index is 0.521. The van der Waals surface area contributed by atoms with Gasteiger partial charge >= 0.3 is 0 Å². The Morgan fingerprint density at radius 2 is 2.00 bits per heavy atom. The van der Waals surface area contributed by atoms with Gasteiger partial charge < -0.3 is 4.98 Å². The van der Waals surface area contributed by atoms with Gasteiger partial charge in [-0.1, -0.05) is 57.0 Å². The van der Waals surface area contributed by atoms with Gasteiger partial charge in [0.15, 0.2) is 0 Å². The van der Waals surface area contributed by atoms with Crippen molar-refractivity contribution < 1.29 is 0 Å². The molecule has 0 radical (unpaired) electrons. The van der Waals surface area contributed by atoms with Crippen molar-refractivity contribution in [3.63, 3.8) is 0 Å². The molecular formula is C15H20N2. The maximum Gasteiger partial charge on any atom is 0.109 e. The van der Waals surface area contributed by atoms with Crippen LogP contribution in [0.5, 0.6) is 0 Å². The number of aromatic nitrogens is 2. The Morgan fingerprint density at radius 3 is 2.71 bits per heavy atom. The average molecular weight is 228 g/mol. The van der Waals surface area contributed by atoms with Gasteiger partial charge in [-0.05, 0) is 12.0 Å². The zero-order chi connectivity index (χ0) is 12.1. The first-order valence-electron chi connectivity index (χ1n) is 6.41. The van der Waals surface area contributed by atoms with E-state index >= 15 is 0 Å². The van der Waals surface area contributed by atoms with E-state index in [-0.39, 0.29) is 0 Å². The summed E-state index contributed by atoms with van der Waals surface area (Å²) >= 11 is 0. The van der Waals surface area contributed by atoms with Gasteiger partial charge in [0.1, 0.15) is 5.82 Å². The standard InChI is InChI=1S/C15H20N2/c1-3-4-8-12(2)15-16-11-14(17-15)13-9-6-5-7-10-13/h5-7,9-12H,3-4,8H2,1-2H3,(H,16,17). The molecule has 2 aromatic rings. The highest BCUT2D eigenvalue weighted by molar-refractivity contribution is 5.58. The number of H-pyrrole nitrogens is 1. The number of imidazole rings is 1. The number of rotatable bonds is 5. The Bertz CT molecular complexity index is 445. The van der Waals surface area contributed by atoms with E-state index in [1.165, 1.54) is 24.8 Å². The molecule has 1 heterocycles. The lowest BCUT2D eigenvalue weighted by molar-refractivity contribution is 0.601. The molecule has 0 spiro atoms. The van der Waals surface area contributed by atoms with E-state index in [2.05, 4.69) is 48.1 Å². The lowest BCUT2D eigenvalue weighted by Crippen LogP contribution is -1.95. The first-order chi connectivity index (χ1) is 8.31. The second-order valence-electron chi connectivity index (χ2n) is 4.59. The summed E-state index contributed by atoms with van der Waals surface area (Å²) in [7, 11) is 0. The third-order valence-electron chi connectivity index (χ3n) is 3.14. The topological polar surface area (TPSA) is 28.7 Å². The highest BCUT2D eigenvalue weighted by Gasteiger charge is 2.09. The molecular weight excluding hydrogens is 208 g/mol. The molecule has 17 heavy (non-hydrogen) atoms. The molecule has 2 nitrogen and oxygen atoms in total. The van der Waals surface area contributed by atoms with Crippen molar-refractivity contribution in [2.45, 2.75) is 39.0 Å². The zero-order valence-corrected chi connectivity index (χ0v) is 10.6. The van der Waals surface area contributed by atoms with E-state index in [1.807, 2.05) is 12.3 Å². The third kappa shape index (κ3) is 2.96. The molecule has 0 aliphatic heterocycles. The molecule has 1 N–H and O–H groups in total. The summed E-state index contributed by atoms with van der Waals surface area (Å²) in [4.78, 5) is 7.92. The molecule has 0 saturated carbocycles. The second-order valence-corrected chi connectivity index (χ2v) is 4.59. The maximum absolute atomic E-state index is 4.49. The van der Waals surface area contributed by atoms with Crippen molar-refractivity contribution in [1.29, 1.82) is 0 Å². The van der Waals surface area contributed by atoms with Crippen LogP contribution in [0.25, 0.3) is 11.3 Å². The van der Waals surface area contributed by atoms with Gasteiger partial charge in [0.2, 0.25) is 0 Å². The van der Waals surface area contributed by atoms with Crippen LogP contribution in [0.3, 0.4) is 0 Å². The predicted molar refractivity (Wildman–Crippen MR) is 72.0 cm³/mol. The molecule has 0 saturated heterocycles. The fourth-order valence-electron chi connectivity index (χ4n) is 2.00. The highest BCUT2D eigenvalue weighted by atomic mass is 14.9. The van der Waals surface area contributed by atoms with Gasteiger partial charge in [-0.15, -0.1) is 0 Å². The van der Waals surface area contributed by atoms with E-state index < -0.39 is 0 Å². The monoisotopic (exact) mass is 228 g/mol. The van der Waals surface area contributed by atoms with Gasteiger partial charge in [0.05, 0.1) is 11.9 Å². The number of nitrogens with one attached hydrogen (secondary N) is 1. The van der Waals surface area contributed by atoms with E-state index in [0.717, 1.165) is 11.5 Å². The number of unbranched alkanes of at least 4 members (excludes halogenated alkanes) is 1. The van der Waals surface area contributed by atoms with Gasteiger partial charge in [0.25, 0.3) is 0 Å². The Hall–Kier alpha value is -1.57. The summed E-state index contributed by atoms with van der Waals surface area (Å²) < 4.78 is 0. The van der Waals surface area contributed by atoms with Crippen LogP contribution in [0.1, 0.15) is 44.9 Å². The van der Waals surface area contributed by atoms with Crippen molar-refractivity contribution in [3.8, 4) is 11.3 Å². The molecule has 0 amide bonds. The van der Waals surface area contributed by atoms with Gasteiger partial charge in [-0.25, -0.2) is 4.98 Å². The summed E-state index contributed by atoms with van der Waals surface area (Å²) in [6.45, 7) is 4.47. The molecule has 0 aliphatic carbocycles. The molecule has 0 bridgehead atoms. The van der Waals surface area contributed by atoms with Crippen LogP contribution in [-0.4, -0.2) is 9.97 Å². The second kappa shape index (κ2) is 5.67. The summed E-state index contributed by atoms with van der Waals surface area (Å²) in [5.41, 5.74) is 2.32. The molecule has 2 heteroatoms. The van der Waals surface area contributed by atoms with Crippen LogP contribution in [-0.2, 0) is 0 Å². The van der Waals surface area contributed by atoms with Crippen LogP contribution < -0.4 is 0 Å². The first-order valence-corrected chi connectivity index (χ1v) is 6.41. The fraction of sp³-hybridized carbons (Fsp3) is 0.400. The van der Waals surface area contributed by atoms with Crippen LogP contribution >= 0.6 is 0 Å². The Kier molecular flexibility index (Phi) is 3.97. The van der Waals surface area contributed by atoms with Crippen LogP contribution in [0.15, 0.2) is 36.5 Å². The van der Waals surface area contributed by atoms with Crippen LogP contribution in [0, 0.1) is 0 Å². The lowest BCUT2D eigenvalue weighted by Gasteiger charge is -2.06. The fourth-order valence-corrected chi connectivity index (χ4v) is 2.00. The van der Waals surface area contributed by atoms with Crippen molar-refractivity contribution in [2.75, 3.05) is 0 Å². The SMILES string of the molecule is CCCCC(C)c1ncc(-c2ccccc2)[nH]1. The Morgan fingerprint density at radius 1 is 1.24 bits per heavy atom. The van der Waals surface area contributed by atoms with Crippen LogP contribution in [0.4, 0.5) is 0 Å². The normalized spacial score (nSPS) is 12.6. The molecule has 1 aromatic carbocycles. The minimum Gasteiger partial charge on any atom is -0.342 e. The minimum absolute atomic E-state index is 0.521. The number of aromatic amines is 1. The summed E-state index contributed by atoms with van der Waals surface area (Å²) in [6, 6.07) is 10.3. The number of nitrogens with zero attached hydrogens (tertiary/aromatic N) is 1. The van der Waals surface area contributed by atoms with Crippen molar-refractivity contribution in [2.24, 2.45) is 0 Å². The lowest BCUT2D eigenvalue weighted by atomic mass is 10.0. The molecule has 0 aliphatic rings. The van der Waals surface area contributed by atoms with Crippen molar-refractivity contribution in [3.05, 3.63) is 42.4 Å². The van der Waals surface area contributed by atoms with E-state index in [0.29, 0.717) is 5.92 Å². The maximum atomic E-state index is 4.49. The summed E-state index contributed by atoms with van der Waals surface area (Å²) in [5, 5.41) is 0. The Balaban J connectivity index is 2.11. The predicted octanol–water partition coefficient (Wildman–Crippen LogP) is 4.37. The van der Waals surface area contributed by atoms with E-state index in [4.69, 9.17) is 0 Å². The number of hydrogen-bond acceptors (Lipinski definition) is 1. The molecule has 90 valence electrons. The van der Waals surface area contributed by atoms with Gasteiger partial charge in [-0.2, -0.15) is 0 Å². The largest absolute Gasteiger partial charge is 0.342 e. The third-order valence-corrected chi connectivity index (χ3v) is 3.14. The van der Waals surface area contributed by atoms with Crippen molar-refractivity contribution >= 4 is 0 Å². The molecule has 1 unspecified atom stereocenters. The number of hydrogen-bond donors (Lipinski definition) is 1. The summed E-state index contributed by atoms with van der Waals surface area (Å²) in [6.07, 6.45) is 5.66. The summed E-state index contributed by atoms with van der Waals surface area (Å²) in [5.74, 6) is 1.63. The highest BCUT2D eigenvalue weighted by Crippen LogP contribution is 2.22. The van der Waals surface area contributed by atoms with E-state index in [1.54, 1.807) is 0 Å². The zero-order valence-electron chi connectivity index (χ0n) is 10.6. The quantitative estimate of drug-likeness (QED) is 0.808. The van der Waals surface area contributed by atoms with Crippen molar-refractivity contribution in [1.82, 2.24) is 9.97 Å². The molecule has 1 atom stereocenters. The first kappa shape index (κ1) is 11.9. The number of benzene rings is 1. The van der Waals surface area contributed by atoms with Crippen LogP contribution in [0.2, 0.25) is 0 Å². The molecule has 0 fully saturated rings. The molecule has 2 rings (SSSR count). The Labute approximate surface area is 103 Å². The van der Waals surface area contributed by atoms with E-state index in [9.17, 15) is 0 Å². The average Bonchev–Trinajstić information content (AvgIpc) is 2.86.